The van der Waals surface area contributed by atoms with Crippen LogP contribution in [0.2, 0.25) is 0 Å². The Balaban J connectivity index is 1.51. The lowest BCUT2D eigenvalue weighted by molar-refractivity contribution is 0.0950. The third-order valence-corrected chi connectivity index (χ3v) is 4.25. The van der Waals surface area contributed by atoms with Gasteiger partial charge in [-0.15, -0.1) is 0 Å². The normalized spacial score (nSPS) is 11.7. The van der Waals surface area contributed by atoms with Crippen LogP contribution in [-0.2, 0) is 13.2 Å². The lowest BCUT2D eigenvalue weighted by Crippen LogP contribution is -2.23. The Labute approximate surface area is 150 Å². The van der Waals surface area contributed by atoms with Gasteiger partial charge < -0.3 is 14.8 Å². The molecule has 0 aliphatic carbocycles. The zero-order valence-electron chi connectivity index (χ0n) is 14.2. The lowest BCUT2D eigenvalue weighted by atomic mass is 9.96. The molecule has 3 aromatic rings. The van der Waals surface area contributed by atoms with Gasteiger partial charge in [-0.1, -0.05) is 12.1 Å². The Bertz CT molecular complexity index is 972. The average molecular weight is 347 g/mol. The Hall–Kier alpha value is -3.41. The number of carbonyl (C=O) groups is 1. The summed E-state index contributed by atoms with van der Waals surface area (Å²) < 4.78 is 10.8. The number of methoxy groups -OCH3 is 1. The molecule has 26 heavy (non-hydrogen) atoms. The average Bonchev–Trinajstić information content (AvgIpc) is 2.71. The molecule has 1 aliphatic rings. The third-order valence-electron chi connectivity index (χ3n) is 4.25. The van der Waals surface area contributed by atoms with Gasteiger partial charge >= 0.3 is 0 Å². The van der Waals surface area contributed by atoms with Crippen molar-refractivity contribution in [2.24, 2.45) is 0 Å². The monoisotopic (exact) mass is 347 g/mol. The molecule has 130 valence electrons. The van der Waals surface area contributed by atoms with E-state index in [0.29, 0.717) is 24.6 Å². The maximum Gasteiger partial charge on any atom is 0.251 e. The third kappa shape index (κ3) is 3.09. The highest BCUT2D eigenvalue weighted by Crippen LogP contribution is 2.36. The van der Waals surface area contributed by atoms with Crippen LogP contribution >= 0.6 is 0 Å². The largest absolute Gasteiger partial charge is 0.487 e. The minimum atomic E-state index is -0.155. The molecule has 1 amide bonds. The first kappa shape index (κ1) is 16.1. The van der Waals surface area contributed by atoms with Crippen LogP contribution in [0.3, 0.4) is 0 Å². The highest BCUT2D eigenvalue weighted by molar-refractivity contribution is 5.95. The smallest absolute Gasteiger partial charge is 0.251 e. The summed E-state index contributed by atoms with van der Waals surface area (Å²) in [6.07, 6.45) is 3.44. The first-order valence-electron chi connectivity index (χ1n) is 8.23. The fourth-order valence-electron chi connectivity index (χ4n) is 2.93. The van der Waals surface area contributed by atoms with Crippen LogP contribution in [0.25, 0.3) is 11.1 Å². The Morgan fingerprint density at radius 1 is 1.23 bits per heavy atom. The second-order valence-corrected chi connectivity index (χ2v) is 5.89. The molecule has 2 aromatic heterocycles. The Kier molecular flexibility index (Phi) is 4.23. The van der Waals surface area contributed by atoms with Gasteiger partial charge in [0.05, 0.1) is 25.5 Å². The summed E-state index contributed by atoms with van der Waals surface area (Å²) in [5, 5.41) is 2.88. The molecule has 0 fully saturated rings. The summed E-state index contributed by atoms with van der Waals surface area (Å²) in [5.74, 6) is 1.13. The molecule has 6 heteroatoms. The van der Waals surface area contributed by atoms with Gasteiger partial charge in [-0.25, -0.2) is 4.98 Å². The molecule has 4 rings (SSSR count). The summed E-state index contributed by atoms with van der Waals surface area (Å²) in [4.78, 5) is 20.9. The minimum Gasteiger partial charge on any atom is -0.487 e. The van der Waals surface area contributed by atoms with Crippen LogP contribution in [0.15, 0.2) is 54.9 Å². The number of rotatable bonds is 4. The predicted molar refractivity (Wildman–Crippen MR) is 96.0 cm³/mol. The van der Waals surface area contributed by atoms with E-state index in [1.807, 2.05) is 36.4 Å². The van der Waals surface area contributed by atoms with Gasteiger partial charge in [0.15, 0.2) is 0 Å². The van der Waals surface area contributed by atoms with E-state index in [9.17, 15) is 4.79 Å². The maximum absolute atomic E-state index is 12.5. The highest BCUT2D eigenvalue weighted by atomic mass is 16.5. The van der Waals surface area contributed by atoms with Crippen molar-refractivity contribution >= 4 is 5.91 Å². The van der Waals surface area contributed by atoms with E-state index in [1.54, 1.807) is 25.6 Å². The minimum absolute atomic E-state index is 0.155. The van der Waals surface area contributed by atoms with Gasteiger partial charge in [0.1, 0.15) is 12.4 Å². The predicted octanol–water partition coefficient (Wildman–Crippen LogP) is 2.97. The van der Waals surface area contributed by atoms with E-state index < -0.39 is 0 Å². The van der Waals surface area contributed by atoms with Crippen molar-refractivity contribution in [3.63, 3.8) is 0 Å². The SMILES string of the molecule is COc1cccc(CNC(=O)c2ccc3c(c2)COc2cnccc2-3)n1. The lowest BCUT2D eigenvalue weighted by Gasteiger charge is -2.20. The quantitative estimate of drug-likeness (QED) is 0.785. The molecule has 0 atom stereocenters. The summed E-state index contributed by atoms with van der Waals surface area (Å²) >= 11 is 0. The molecule has 0 spiro atoms. The molecule has 0 saturated heterocycles. The van der Waals surface area contributed by atoms with Crippen molar-refractivity contribution in [2.45, 2.75) is 13.2 Å². The summed E-state index contributed by atoms with van der Waals surface area (Å²) in [6, 6.07) is 13.0. The van der Waals surface area contributed by atoms with Gasteiger partial charge in [-0.2, -0.15) is 0 Å². The fraction of sp³-hybridized carbons (Fsp3) is 0.150. The molecule has 0 saturated carbocycles. The second kappa shape index (κ2) is 6.84. The molecular formula is C20H17N3O3. The van der Waals surface area contributed by atoms with E-state index in [4.69, 9.17) is 9.47 Å². The first-order valence-corrected chi connectivity index (χ1v) is 8.23. The van der Waals surface area contributed by atoms with Gasteiger partial charge in [-0.05, 0) is 35.4 Å². The van der Waals surface area contributed by atoms with Crippen molar-refractivity contribution in [3.8, 4) is 22.8 Å². The molecule has 3 heterocycles. The number of carbonyl (C=O) groups excluding carboxylic acids is 1. The molecular weight excluding hydrogens is 330 g/mol. The standard InChI is InChI=1S/C20H17N3O3/c1-25-19-4-2-3-15(23-19)10-22-20(24)13-5-6-16-14(9-13)12-26-18-11-21-8-7-17(16)18/h2-9,11H,10,12H2,1H3,(H,22,24). The van der Waals surface area contributed by atoms with Crippen molar-refractivity contribution in [3.05, 3.63) is 71.7 Å². The second-order valence-electron chi connectivity index (χ2n) is 5.89. The van der Waals surface area contributed by atoms with Crippen LogP contribution in [0.5, 0.6) is 11.6 Å². The molecule has 1 aromatic carbocycles. The van der Waals surface area contributed by atoms with E-state index in [2.05, 4.69) is 15.3 Å². The number of ether oxygens (including phenoxy) is 2. The van der Waals surface area contributed by atoms with E-state index in [-0.39, 0.29) is 5.91 Å². The number of pyridine rings is 2. The summed E-state index contributed by atoms with van der Waals surface area (Å²) in [5.41, 5.74) is 4.37. The van der Waals surface area contributed by atoms with Crippen LogP contribution in [0.1, 0.15) is 21.6 Å². The van der Waals surface area contributed by atoms with Crippen LogP contribution < -0.4 is 14.8 Å². The molecule has 1 N–H and O–H groups in total. The van der Waals surface area contributed by atoms with Crippen molar-refractivity contribution in [2.75, 3.05) is 7.11 Å². The number of amides is 1. The Morgan fingerprint density at radius 2 is 2.15 bits per heavy atom. The topological polar surface area (TPSA) is 73.3 Å². The number of fused-ring (bicyclic) bond motifs is 3. The molecule has 0 unspecified atom stereocenters. The molecule has 1 aliphatic heterocycles. The zero-order valence-corrected chi connectivity index (χ0v) is 14.2. The van der Waals surface area contributed by atoms with Crippen LogP contribution in [0, 0.1) is 0 Å². The van der Waals surface area contributed by atoms with E-state index in [1.165, 1.54) is 0 Å². The van der Waals surface area contributed by atoms with Crippen molar-refractivity contribution < 1.29 is 14.3 Å². The maximum atomic E-state index is 12.5. The van der Waals surface area contributed by atoms with E-state index >= 15 is 0 Å². The molecule has 0 bridgehead atoms. The molecule has 0 radical (unpaired) electrons. The Morgan fingerprint density at radius 3 is 3.04 bits per heavy atom. The number of nitrogens with zero attached hydrogens (tertiary/aromatic N) is 2. The molecule has 6 nitrogen and oxygen atoms in total. The van der Waals surface area contributed by atoms with Crippen molar-refractivity contribution in [1.82, 2.24) is 15.3 Å². The van der Waals surface area contributed by atoms with Crippen LogP contribution in [0.4, 0.5) is 0 Å². The number of benzene rings is 1. The van der Waals surface area contributed by atoms with Gasteiger partial charge in [0.25, 0.3) is 5.91 Å². The van der Waals surface area contributed by atoms with Crippen LogP contribution in [-0.4, -0.2) is 23.0 Å². The number of hydrogen-bond acceptors (Lipinski definition) is 5. The van der Waals surface area contributed by atoms with Crippen molar-refractivity contribution in [1.29, 1.82) is 0 Å². The number of nitrogens with one attached hydrogen (secondary N) is 1. The number of hydrogen-bond donors (Lipinski definition) is 1. The first-order chi connectivity index (χ1) is 12.7. The van der Waals surface area contributed by atoms with E-state index in [0.717, 1.165) is 28.1 Å². The van der Waals surface area contributed by atoms with Gasteiger partial charge in [0, 0.05) is 23.4 Å². The highest BCUT2D eigenvalue weighted by Gasteiger charge is 2.18. The van der Waals surface area contributed by atoms with Gasteiger partial charge in [-0.3, -0.25) is 9.78 Å². The number of aromatic nitrogens is 2. The fourth-order valence-corrected chi connectivity index (χ4v) is 2.93. The zero-order chi connectivity index (χ0) is 17.9. The van der Waals surface area contributed by atoms with Gasteiger partial charge in [0.2, 0.25) is 5.88 Å². The summed E-state index contributed by atoms with van der Waals surface area (Å²) in [7, 11) is 1.56. The summed E-state index contributed by atoms with van der Waals surface area (Å²) in [6.45, 7) is 0.755.